The van der Waals surface area contributed by atoms with Gasteiger partial charge in [-0.05, 0) is 42.3 Å². The van der Waals surface area contributed by atoms with Crippen molar-refractivity contribution in [3.63, 3.8) is 0 Å². The van der Waals surface area contributed by atoms with E-state index < -0.39 is 20.7 Å². The average Bonchev–Trinajstić information content (AvgIpc) is 3.01. The highest BCUT2D eigenvalue weighted by atomic mass is 32.2. The Hall–Kier alpha value is -2.45. The molecule has 1 N–H and O–H groups in total. The number of amides is 1. The van der Waals surface area contributed by atoms with Crippen molar-refractivity contribution in [1.82, 2.24) is 4.72 Å². The molecule has 1 unspecified atom stereocenters. The predicted molar refractivity (Wildman–Crippen MR) is 95.0 cm³/mol. The van der Waals surface area contributed by atoms with Gasteiger partial charge in [0.1, 0.15) is 16.5 Å². The lowest BCUT2D eigenvalue weighted by Gasteiger charge is -2.17. The fraction of sp³-hybridized carbons (Fsp3) is 0.278. The normalized spacial score (nSPS) is 17.5. The van der Waals surface area contributed by atoms with E-state index in [2.05, 4.69) is 4.72 Å². The number of halogens is 1. The third kappa shape index (κ3) is 3.86. The lowest BCUT2D eigenvalue weighted by molar-refractivity contribution is -0.117. The van der Waals surface area contributed by atoms with Crippen molar-refractivity contribution in [2.45, 2.75) is 11.3 Å². The van der Waals surface area contributed by atoms with Gasteiger partial charge in [-0.25, -0.2) is 17.5 Å². The molecule has 1 aliphatic heterocycles. The summed E-state index contributed by atoms with van der Waals surface area (Å²) in [5.74, 6) is -0.381. The van der Waals surface area contributed by atoms with Crippen LogP contribution in [0.4, 0.5) is 10.1 Å². The maximum absolute atomic E-state index is 13.7. The molecule has 1 fully saturated rings. The summed E-state index contributed by atoms with van der Waals surface area (Å²) in [7, 11) is -2.40. The SMILES string of the molecule is COc1ccc(N2CC(CNS(=O)(=O)c3ccccc3F)CC2=O)cc1. The number of carbonyl (C=O) groups excluding carboxylic acids is 1. The summed E-state index contributed by atoms with van der Waals surface area (Å²) in [6.45, 7) is 0.458. The molecule has 3 rings (SSSR count). The molecule has 0 radical (unpaired) electrons. The number of nitrogens with one attached hydrogen (secondary N) is 1. The molecule has 0 spiro atoms. The number of rotatable bonds is 6. The van der Waals surface area contributed by atoms with E-state index in [0.717, 1.165) is 11.8 Å². The Morgan fingerprint density at radius 1 is 1.19 bits per heavy atom. The van der Waals surface area contributed by atoms with Gasteiger partial charge in [-0.2, -0.15) is 0 Å². The molecule has 0 bridgehead atoms. The van der Waals surface area contributed by atoms with Gasteiger partial charge in [0.05, 0.1) is 7.11 Å². The lowest BCUT2D eigenvalue weighted by atomic mass is 10.1. The van der Waals surface area contributed by atoms with Gasteiger partial charge in [0, 0.05) is 25.2 Å². The van der Waals surface area contributed by atoms with Crippen LogP contribution in [0.3, 0.4) is 0 Å². The van der Waals surface area contributed by atoms with E-state index in [9.17, 15) is 17.6 Å². The quantitative estimate of drug-likeness (QED) is 0.836. The monoisotopic (exact) mass is 378 g/mol. The summed E-state index contributed by atoms with van der Waals surface area (Å²) in [6, 6.07) is 12.3. The Balaban J connectivity index is 1.65. The van der Waals surface area contributed by atoms with Gasteiger partial charge in [-0.1, -0.05) is 12.1 Å². The number of anilines is 1. The molecular formula is C18H19FN2O4S. The minimum Gasteiger partial charge on any atom is -0.497 e. The van der Waals surface area contributed by atoms with Gasteiger partial charge in [0.15, 0.2) is 0 Å². The zero-order valence-electron chi connectivity index (χ0n) is 14.2. The van der Waals surface area contributed by atoms with Gasteiger partial charge in [0.25, 0.3) is 0 Å². The first-order valence-electron chi connectivity index (χ1n) is 8.09. The summed E-state index contributed by atoms with van der Waals surface area (Å²) in [5, 5.41) is 0. The van der Waals surface area contributed by atoms with Crippen LogP contribution in [0.15, 0.2) is 53.4 Å². The van der Waals surface area contributed by atoms with Crippen LogP contribution < -0.4 is 14.4 Å². The Morgan fingerprint density at radius 3 is 2.54 bits per heavy atom. The zero-order chi connectivity index (χ0) is 18.7. The Morgan fingerprint density at radius 2 is 1.88 bits per heavy atom. The first kappa shape index (κ1) is 18.3. The molecule has 6 nitrogen and oxygen atoms in total. The highest BCUT2D eigenvalue weighted by molar-refractivity contribution is 7.89. The molecular weight excluding hydrogens is 359 g/mol. The second-order valence-corrected chi connectivity index (χ2v) is 7.79. The summed E-state index contributed by atoms with van der Waals surface area (Å²) >= 11 is 0. The number of sulfonamides is 1. The largest absolute Gasteiger partial charge is 0.497 e. The number of hydrogen-bond donors (Lipinski definition) is 1. The van der Waals surface area contributed by atoms with Crippen molar-refractivity contribution >= 4 is 21.6 Å². The van der Waals surface area contributed by atoms with Crippen molar-refractivity contribution in [3.8, 4) is 5.75 Å². The van der Waals surface area contributed by atoms with Crippen LogP contribution >= 0.6 is 0 Å². The lowest BCUT2D eigenvalue weighted by Crippen LogP contribution is -2.31. The number of benzene rings is 2. The molecule has 1 amide bonds. The number of ether oxygens (including phenoxy) is 1. The van der Waals surface area contributed by atoms with Crippen LogP contribution in [-0.2, 0) is 14.8 Å². The Kier molecular flexibility index (Phi) is 5.24. The number of nitrogens with zero attached hydrogens (tertiary/aromatic N) is 1. The molecule has 0 aliphatic carbocycles. The fourth-order valence-electron chi connectivity index (χ4n) is 2.90. The minimum absolute atomic E-state index is 0.0645. The highest BCUT2D eigenvalue weighted by Crippen LogP contribution is 2.26. The molecule has 1 aliphatic rings. The second kappa shape index (κ2) is 7.43. The van der Waals surface area contributed by atoms with Crippen molar-refractivity contribution < 1.29 is 22.3 Å². The molecule has 0 saturated carbocycles. The van der Waals surface area contributed by atoms with E-state index in [1.54, 1.807) is 36.3 Å². The number of hydrogen-bond acceptors (Lipinski definition) is 4. The van der Waals surface area contributed by atoms with Gasteiger partial charge < -0.3 is 9.64 Å². The Bertz CT molecular complexity index is 900. The predicted octanol–water partition coefficient (Wildman–Crippen LogP) is 2.17. The van der Waals surface area contributed by atoms with E-state index in [-0.39, 0.29) is 24.8 Å². The van der Waals surface area contributed by atoms with Crippen molar-refractivity contribution in [3.05, 3.63) is 54.3 Å². The molecule has 2 aromatic rings. The summed E-state index contributed by atoms with van der Waals surface area (Å²) in [6.07, 6.45) is 0.228. The highest BCUT2D eigenvalue weighted by Gasteiger charge is 2.31. The van der Waals surface area contributed by atoms with Crippen LogP contribution in [0.1, 0.15) is 6.42 Å². The van der Waals surface area contributed by atoms with E-state index in [0.29, 0.717) is 12.3 Å². The smallest absolute Gasteiger partial charge is 0.243 e. The van der Waals surface area contributed by atoms with Crippen LogP contribution in [0.25, 0.3) is 0 Å². The third-order valence-corrected chi connectivity index (χ3v) is 5.73. The first-order valence-corrected chi connectivity index (χ1v) is 9.57. The van der Waals surface area contributed by atoms with E-state index >= 15 is 0 Å². The van der Waals surface area contributed by atoms with Crippen LogP contribution in [-0.4, -0.2) is 34.5 Å². The first-order chi connectivity index (χ1) is 12.4. The van der Waals surface area contributed by atoms with Gasteiger partial charge in [-0.3, -0.25) is 4.79 Å². The van der Waals surface area contributed by atoms with Crippen molar-refractivity contribution in [2.75, 3.05) is 25.1 Å². The standard InChI is InChI=1S/C18H19FN2O4S/c1-25-15-8-6-14(7-9-15)21-12-13(10-18(21)22)11-20-26(23,24)17-5-3-2-4-16(17)19/h2-9,13,20H,10-12H2,1H3. The molecule has 26 heavy (non-hydrogen) atoms. The fourth-order valence-corrected chi connectivity index (χ4v) is 4.09. The molecule has 138 valence electrons. The minimum atomic E-state index is -3.96. The topological polar surface area (TPSA) is 75.7 Å². The van der Waals surface area contributed by atoms with Crippen LogP contribution in [0, 0.1) is 11.7 Å². The molecule has 0 aromatic heterocycles. The summed E-state index contributed by atoms with van der Waals surface area (Å²) < 4.78 is 45.7. The van der Waals surface area contributed by atoms with Gasteiger partial charge in [-0.15, -0.1) is 0 Å². The third-order valence-electron chi connectivity index (χ3n) is 4.28. The van der Waals surface area contributed by atoms with E-state index in [1.165, 1.54) is 18.2 Å². The van der Waals surface area contributed by atoms with Crippen molar-refractivity contribution in [2.24, 2.45) is 5.92 Å². The van der Waals surface area contributed by atoms with Gasteiger partial charge in [0.2, 0.25) is 15.9 Å². The van der Waals surface area contributed by atoms with Crippen LogP contribution in [0.5, 0.6) is 5.75 Å². The Labute approximate surface area is 151 Å². The number of methoxy groups -OCH3 is 1. The molecule has 2 aromatic carbocycles. The molecule has 1 saturated heterocycles. The molecule has 8 heteroatoms. The van der Waals surface area contributed by atoms with Gasteiger partial charge >= 0.3 is 0 Å². The van der Waals surface area contributed by atoms with Crippen molar-refractivity contribution in [1.29, 1.82) is 0 Å². The second-order valence-electron chi connectivity index (χ2n) is 6.05. The molecule has 1 atom stereocenters. The maximum Gasteiger partial charge on any atom is 0.243 e. The van der Waals surface area contributed by atoms with E-state index in [4.69, 9.17) is 4.74 Å². The number of carbonyl (C=O) groups is 1. The maximum atomic E-state index is 13.7. The average molecular weight is 378 g/mol. The zero-order valence-corrected chi connectivity index (χ0v) is 15.0. The van der Waals surface area contributed by atoms with E-state index in [1.807, 2.05) is 0 Å². The summed E-state index contributed by atoms with van der Waals surface area (Å²) in [5.41, 5.74) is 0.732. The van der Waals surface area contributed by atoms with Crippen LogP contribution in [0.2, 0.25) is 0 Å². The molecule has 1 heterocycles. The summed E-state index contributed by atoms with van der Waals surface area (Å²) in [4.78, 5) is 13.5.